The van der Waals surface area contributed by atoms with E-state index < -0.39 is 0 Å². The lowest BCUT2D eigenvalue weighted by Gasteiger charge is -2.29. The highest BCUT2D eigenvalue weighted by Crippen LogP contribution is 2.37. The first-order valence-electron chi connectivity index (χ1n) is 14.4. The van der Waals surface area contributed by atoms with E-state index in [9.17, 15) is 0 Å². The standard InChI is InChI=1S/C40H50/c1-30(18-13-20-32(3)23-26-38-27-25-34(5)36(7)37(38)8)16-11-12-17-31(2)19-14-21-33(4)24-28-39-35(6)22-15-29-40(39,9)10/h11-28H,29H2,1-10H3/b12-11+,18-13+,19-14+,26-23+,28-24+,30-16+,31-17+,32-20+,33-21+. The summed E-state index contributed by atoms with van der Waals surface area (Å²) in [6.07, 6.45) is 35.8. The molecule has 0 spiro atoms. The predicted octanol–water partition coefficient (Wildman–Crippen LogP) is 11.9. The van der Waals surface area contributed by atoms with Gasteiger partial charge in [-0.25, -0.2) is 0 Å². The van der Waals surface area contributed by atoms with Crippen molar-refractivity contribution in [2.24, 2.45) is 5.41 Å². The average Bonchev–Trinajstić information content (AvgIpc) is 2.88. The van der Waals surface area contributed by atoms with Crippen molar-refractivity contribution in [3.63, 3.8) is 0 Å². The third kappa shape index (κ3) is 10.9. The summed E-state index contributed by atoms with van der Waals surface area (Å²) in [5.74, 6) is 0. The molecule has 0 nitrogen and oxygen atoms in total. The molecule has 2 rings (SSSR count). The molecule has 210 valence electrons. The molecule has 0 N–H and O–H groups in total. The van der Waals surface area contributed by atoms with Gasteiger partial charge in [0.05, 0.1) is 0 Å². The molecule has 0 unspecified atom stereocenters. The molecule has 0 heterocycles. The van der Waals surface area contributed by atoms with Crippen LogP contribution in [0.5, 0.6) is 0 Å². The highest BCUT2D eigenvalue weighted by atomic mass is 14.3. The van der Waals surface area contributed by atoms with Crippen molar-refractivity contribution in [3.05, 3.63) is 159 Å². The van der Waals surface area contributed by atoms with Gasteiger partial charge in [-0.2, -0.15) is 0 Å². The van der Waals surface area contributed by atoms with Crippen molar-refractivity contribution in [2.75, 3.05) is 0 Å². The van der Waals surface area contributed by atoms with Crippen molar-refractivity contribution in [2.45, 2.75) is 75.7 Å². The van der Waals surface area contributed by atoms with Crippen molar-refractivity contribution < 1.29 is 0 Å². The Hall–Kier alpha value is -3.64. The summed E-state index contributed by atoms with van der Waals surface area (Å²) in [6.45, 7) is 21.9. The van der Waals surface area contributed by atoms with Gasteiger partial charge in [-0.1, -0.05) is 145 Å². The number of benzene rings is 1. The minimum atomic E-state index is 0.202. The smallest absolute Gasteiger partial charge is 0.00664 e. The molecule has 0 atom stereocenters. The van der Waals surface area contributed by atoms with Gasteiger partial charge >= 0.3 is 0 Å². The summed E-state index contributed by atoms with van der Waals surface area (Å²) in [5.41, 5.74) is 13.3. The zero-order chi connectivity index (χ0) is 29.7. The molecule has 1 aliphatic rings. The maximum atomic E-state index is 2.32. The Morgan fingerprint density at radius 3 is 1.68 bits per heavy atom. The Balaban J connectivity index is 1.89. The van der Waals surface area contributed by atoms with Gasteiger partial charge in [0.15, 0.2) is 0 Å². The van der Waals surface area contributed by atoms with E-state index in [2.05, 4.69) is 179 Å². The Morgan fingerprint density at radius 1 is 0.625 bits per heavy atom. The molecular weight excluding hydrogens is 480 g/mol. The molecule has 0 amide bonds. The second-order valence-corrected chi connectivity index (χ2v) is 11.7. The number of hydrogen-bond acceptors (Lipinski definition) is 0. The Bertz CT molecular complexity index is 1380. The average molecular weight is 531 g/mol. The first-order chi connectivity index (χ1) is 18.9. The van der Waals surface area contributed by atoms with Crippen molar-refractivity contribution in [1.29, 1.82) is 0 Å². The van der Waals surface area contributed by atoms with Crippen LogP contribution >= 0.6 is 0 Å². The number of allylic oxidation sites excluding steroid dienone is 21. The molecule has 0 radical (unpaired) electrons. The van der Waals surface area contributed by atoms with Crippen LogP contribution in [0.4, 0.5) is 0 Å². The second kappa shape index (κ2) is 15.8. The summed E-state index contributed by atoms with van der Waals surface area (Å²) < 4.78 is 0. The summed E-state index contributed by atoms with van der Waals surface area (Å²) >= 11 is 0. The van der Waals surface area contributed by atoms with Crippen LogP contribution in [0.15, 0.2) is 137 Å². The fourth-order valence-electron chi connectivity index (χ4n) is 4.55. The van der Waals surface area contributed by atoms with E-state index in [0.29, 0.717) is 0 Å². The number of rotatable bonds is 10. The van der Waals surface area contributed by atoms with Crippen molar-refractivity contribution in [1.82, 2.24) is 0 Å². The second-order valence-electron chi connectivity index (χ2n) is 11.7. The zero-order valence-corrected chi connectivity index (χ0v) is 26.6. The van der Waals surface area contributed by atoms with E-state index in [1.165, 1.54) is 55.7 Å². The Kier molecular flexibility index (Phi) is 12.9. The Labute approximate surface area is 245 Å². The topological polar surface area (TPSA) is 0 Å². The summed E-state index contributed by atoms with van der Waals surface area (Å²) in [7, 11) is 0. The van der Waals surface area contributed by atoms with E-state index in [-0.39, 0.29) is 5.41 Å². The third-order valence-corrected chi connectivity index (χ3v) is 7.55. The third-order valence-electron chi connectivity index (χ3n) is 7.55. The van der Waals surface area contributed by atoms with Crippen LogP contribution in [0.3, 0.4) is 0 Å². The Morgan fingerprint density at radius 2 is 1.12 bits per heavy atom. The maximum absolute atomic E-state index is 2.32. The van der Waals surface area contributed by atoms with E-state index in [0.717, 1.165) is 6.42 Å². The molecule has 1 aromatic carbocycles. The van der Waals surface area contributed by atoms with Gasteiger partial charge in [0.25, 0.3) is 0 Å². The van der Waals surface area contributed by atoms with E-state index >= 15 is 0 Å². The van der Waals surface area contributed by atoms with Gasteiger partial charge in [0, 0.05) is 0 Å². The molecule has 0 saturated heterocycles. The van der Waals surface area contributed by atoms with Gasteiger partial charge in [0.2, 0.25) is 0 Å². The lowest BCUT2D eigenvalue weighted by molar-refractivity contribution is 0.456. The van der Waals surface area contributed by atoms with Gasteiger partial charge in [-0.15, -0.1) is 0 Å². The van der Waals surface area contributed by atoms with Crippen molar-refractivity contribution in [3.8, 4) is 0 Å². The van der Waals surface area contributed by atoms with Crippen LogP contribution in [-0.2, 0) is 0 Å². The minimum Gasteiger partial charge on any atom is -0.0834 e. The highest BCUT2D eigenvalue weighted by Gasteiger charge is 2.23. The predicted molar refractivity (Wildman–Crippen MR) is 182 cm³/mol. The molecule has 0 saturated carbocycles. The summed E-state index contributed by atoms with van der Waals surface area (Å²) in [5, 5.41) is 0. The molecule has 0 bridgehead atoms. The van der Waals surface area contributed by atoms with Crippen LogP contribution in [0.1, 0.15) is 77.1 Å². The quantitative estimate of drug-likeness (QED) is 0.264. The van der Waals surface area contributed by atoms with E-state index in [1.54, 1.807) is 0 Å². The molecule has 0 aliphatic heterocycles. The molecule has 0 fully saturated rings. The van der Waals surface area contributed by atoms with E-state index in [4.69, 9.17) is 0 Å². The fraction of sp³-hybridized carbons (Fsp3) is 0.300. The van der Waals surface area contributed by atoms with Gasteiger partial charge in [-0.05, 0) is 101 Å². The first-order valence-corrected chi connectivity index (χ1v) is 14.4. The lowest BCUT2D eigenvalue weighted by atomic mass is 9.75. The largest absolute Gasteiger partial charge is 0.0834 e. The number of aryl methyl sites for hydroxylation is 1. The van der Waals surface area contributed by atoms with E-state index in [1.807, 2.05) is 0 Å². The summed E-state index contributed by atoms with van der Waals surface area (Å²) in [4.78, 5) is 0. The number of hydrogen-bond donors (Lipinski definition) is 0. The van der Waals surface area contributed by atoms with Gasteiger partial charge in [-0.3, -0.25) is 0 Å². The molecule has 1 aliphatic carbocycles. The molecule has 40 heavy (non-hydrogen) atoms. The molecule has 1 aromatic rings. The van der Waals surface area contributed by atoms with Gasteiger partial charge in [0.1, 0.15) is 0 Å². The van der Waals surface area contributed by atoms with Crippen LogP contribution in [0.2, 0.25) is 0 Å². The first kappa shape index (κ1) is 32.6. The van der Waals surface area contributed by atoms with Crippen LogP contribution < -0.4 is 0 Å². The van der Waals surface area contributed by atoms with Crippen LogP contribution in [0.25, 0.3) is 6.08 Å². The van der Waals surface area contributed by atoms with Crippen LogP contribution in [0, 0.1) is 26.2 Å². The van der Waals surface area contributed by atoms with Crippen LogP contribution in [-0.4, -0.2) is 0 Å². The fourth-order valence-corrected chi connectivity index (χ4v) is 4.55. The molecule has 0 heteroatoms. The SMILES string of the molecule is CC1=C(/C=C/C(C)=C/C=C/C(C)=C/C=C/C=C(C)/C=C/C=C(C)/C=C/c2ccc(C)c(C)c2C)C(C)(C)CC=C1. The normalized spacial score (nSPS) is 17.8. The molecule has 0 aromatic heterocycles. The maximum Gasteiger partial charge on any atom is -0.00664 e. The monoisotopic (exact) mass is 530 g/mol. The lowest BCUT2D eigenvalue weighted by Crippen LogP contribution is -2.16. The zero-order valence-electron chi connectivity index (χ0n) is 26.6. The van der Waals surface area contributed by atoms with Gasteiger partial charge < -0.3 is 0 Å². The minimum absolute atomic E-state index is 0.202. The van der Waals surface area contributed by atoms with Crippen molar-refractivity contribution >= 4 is 6.08 Å². The molecular formula is C40H50. The summed E-state index contributed by atoms with van der Waals surface area (Å²) in [6, 6.07) is 4.40. The highest BCUT2D eigenvalue weighted by molar-refractivity contribution is 5.59.